The molecule has 0 bridgehead atoms. The Hall–Kier alpha value is -1.60. The van der Waals surface area contributed by atoms with Crippen LogP contribution in [0.25, 0.3) is 0 Å². The molecule has 2 N–H and O–H groups in total. The molecule has 0 fully saturated rings. The topological polar surface area (TPSA) is 26.0 Å². The van der Waals surface area contributed by atoms with Crippen molar-refractivity contribution in [1.29, 1.82) is 0 Å². The molecule has 106 valence electrons. The second kappa shape index (κ2) is 6.71. The van der Waals surface area contributed by atoms with Gasteiger partial charge in [0.05, 0.1) is 0 Å². The fourth-order valence-corrected chi connectivity index (χ4v) is 3.14. The second-order valence-corrected chi connectivity index (χ2v) is 5.60. The van der Waals surface area contributed by atoms with Crippen molar-refractivity contribution in [3.63, 3.8) is 0 Å². The van der Waals surface area contributed by atoms with Crippen molar-refractivity contribution < 1.29 is 0 Å². The minimum atomic E-state index is -0.0848. The molecule has 1 atom stereocenters. The first-order valence-corrected chi connectivity index (χ1v) is 7.58. The normalized spacial score (nSPS) is 13.2. The molecule has 0 heterocycles. The predicted molar refractivity (Wildman–Crippen MR) is 86.8 cm³/mol. The molecular weight excluding hydrogens is 242 g/mol. The van der Waals surface area contributed by atoms with Crippen LogP contribution in [0, 0.1) is 0 Å². The van der Waals surface area contributed by atoms with Crippen LogP contribution < -0.4 is 5.73 Å². The molecule has 0 unspecified atom stereocenters. The number of rotatable bonds is 6. The van der Waals surface area contributed by atoms with E-state index < -0.39 is 0 Å². The lowest BCUT2D eigenvalue weighted by atomic mass is 9.67. The molecule has 2 aromatic carbocycles. The average Bonchev–Trinajstić information content (AvgIpc) is 2.50. The van der Waals surface area contributed by atoms with Gasteiger partial charge in [0.25, 0.3) is 0 Å². The van der Waals surface area contributed by atoms with E-state index in [1.165, 1.54) is 24.0 Å². The fourth-order valence-electron chi connectivity index (χ4n) is 3.14. The zero-order valence-electron chi connectivity index (χ0n) is 12.5. The van der Waals surface area contributed by atoms with Crippen LogP contribution in [0.1, 0.15) is 44.2 Å². The summed E-state index contributed by atoms with van der Waals surface area (Å²) in [5.74, 6) is 0. The largest absolute Gasteiger partial charge is 0.327 e. The Bertz CT molecular complexity index is 462. The van der Waals surface area contributed by atoms with Crippen LogP contribution in [0.15, 0.2) is 60.7 Å². The van der Waals surface area contributed by atoms with Gasteiger partial charge in [-0.1, -0.05) is 80.4 Å². The van der Waals surface area contributed by atoms with E-state index in [0.29, 0.717) is 0 Å². The summed E-state index contributed by atoms with van der Waals surface area (Å²) >= 11 is 0. The van der Waals surface area contributed by atoms with Crippen LogP contribution in [0.3, 0.4) is 0 Å². The first-order valence-electron chi connectivity index (χ1n) is 7.58. The van der Waals surface area contributed by atoms with Gasteiger partial charge in [0.2, 0.25) is 0 Å². The number of unbranched alkanes of at least 4 members (excludes halogenated alkanes) is 1. The first-order chi connectivity index (χ1) is 9.71. The van der Waals surface area contributed by atoms with Crippen LogP contribution in [0.4, 0.5) is 0 Å². The standard InChI is InChI=1S/C19H25N/c1-3-4-15-19(16(2)20,17-11-7-5-8-12-17)18-13-9-6-10-14-18/h5-14,16H,3-4,15,20H2,1-2H3/t16-/m1/s1. The van der Waals surface area contributed by atoms with Gasteiger partial charge in [-0.25, -0.2) is 0 Å². The number of hydrogen-bond donors (Lipinski definition) is 1. The summed E-state index contributed by atoms with van der Waals surface area (Å²) in [5.41, 5.74) is 9.05. The molecular formula is C19H25N. The molecule has 1 nitrogen and oxygen atoms in total. The molecule has 20 heavy (non-hydrogen) atoms. The molecule has 2 rings (SSSR count). The van der Waals surface area contributed by atoms with Gasteiger partial charge in [0.1, 0.15) is 0 Å². The maximum atomic E-state index is 6.48. The molecule has 1 heteroatoms. The molecule has 0 radical (unpaired) electrons. The summed E-state index contributed by atoms with van der Waals surface area (Å²) in [4.78, 5) is 0. The summed E-state index contributed by atoms with van der Waals surface area (Å²) < 4.78 is 0. The van der Waals surface area contributed by atoms with Crippen LogP contribution in [-0.4, -0.2) is 6.04 Å². The molecule has 0 aliphatic carbocycles. The van der Waals surface area contributed by atoms with E-state index in [2.05, 4.69) is 74.5 Å². The summed E-state index contributed by atoms with van der Waals surface area (Å²) in [6.45, 7) is 4.37. The Balaban J connectivity index is 2.57. The SMILES string of the molecule is CCCCC(c1ccccc1)(c1ccccc1)[C@@H](C)N. The minimum absolute atomic E-state index is 0.0823. The van der Waals surface area contributed by atoms with Crippen molar-refractivity contribution in [2.75, 3.05) is 0 Å². The molecule has 0 saturated carbocycles. The number of benzene rings is 2. The van der Waals surface area contributed by atoms with Gasteiger partial charge in [-0.3, -0.25) is 0 Å². The Morgan fingerprint density at radius 1 is 0.900 bits per heavy atom. The monoisotopic (exact) mass is 267 g/mol. The third kappa shape index (κ3) is 2.78. The van der Waals surface area contributed by atoms with Gasteiger partial charge in [0.15, 0.2) is 0 Å². The Labute approximate surface area is 122 Å². The highest BCUT2D eigenvalue weighted by Gasteiger charge is 2.37. The third-order valence-corrected chi connectivity index (χ3v) is 4.28. The molecule has 0 aliphatic rings. The van der Waals surface area contributed by atoms with Crippen LogP contribution in [0.2, 0.25) is 0 Å². The van der Waals surface area contributed by atoms with Crippen molar-refractivity contribution in [2.45, 2.75) is 44.6 Å². The van der Waals surface area contributed by atoms with E-state index in [0.717, 1.165) is 6.42 Å². The summed E-state index contributed by atoms with van der Waals surface area (Å²) in [7, 11) is 0. The van der Waals surface area contributed by atoms with Gasteiger partial charge in [-0.05, 0) is 24.5 Å². The first kappa shape index (κ1) is 14.8. The lowest BCUT2D eigenvalue weighted by Gasteiger charge is -2.39. The van der Waals surface area contributed by atoms with E-state index in [-0.39, 0.29) is 11.5 Å². The van der Waals surface area contributed by atoms with Gasteiger partial charge < -0.3 is 5.73 Å². The summed E-state index contributed by atoms with van der Waals surface area (Å²) in [6, 6.07) is 21.5. The fraction of sp³-hybridized carbons (Fsp3) is 0.368. The molecule has 0 saturated heterocycles. The second-order valence-electron chi connectivity index (χ2n) is 5.60. The van der Waals surface area contributed by atoms with Gasteiger partial charge in [-0.2, -0.15) is 0 Å². The Morgan fingerprint density at radius 2 is 1.35 bits per heavy atom. The van der Waals surface area contributed by atoms with Crippen molar-refractivity contribution in [2.24, 2.45) is 5.73 Å². The quantitative estimate of drug-likeness (QED) is 0.818. The average molecular weight is 267 g/mol. The van der Waals surface area contributed by atoms with Crippen LogP contribution in [0.5, 0.6) is 0 Å². The summed E-state index contributed by atoms with van der Waals surface area (Å²) in [6.07, 6.45) is 3.47. The van der Waals surface area contributed by atoms with E-state index >= 15 is 0 Å². The van der Waals surface area contributed by atoms with Crippen LogP contribution in [-0.2, 0) is 5.41 Å². The smallest absolute Gasteiger partial charge is 0.0351 e. The Morgan fingerprint density at radius 3 is 1.70 bits per heavy atom. The van der Waals surface area contributed by atoms with Gasteiger partial charge in [-0.15, -0.1) is 0 Å². The van der Waals surface area contributed by atoms with Gasteiger partial charge >= 0.3 is 0 Å². The van der Waals surface area contributed by atoms with Crippen molar-refractivity contribution in [3.05, 3.63) is 71.8 Å². The zero-order valence-corrected chi connectivity index (χ0v) is 12.5. The highest BCUT2D eigenvalue weighted by atomic mass is 14.7. The highest BCUT2D eigenvalue weighted by molar-refractivity contribution is 5.41. The molecule has 0 amide bonds. The predicted octanol–water partition coefficient (Wildman–Crippen LogP) is 4.51. The number of nitrogens with two attached hydrogens (primary N) is 1. The minimum Gasteiger partial charge on any atom is -0.327 e. The highest BCUT2D eigenvalue weighted by Crippen LogP contribution is 2.39. The maximum Gasteiger partial charge on any atom is 0.0351 e. The third-order valence-electron chi connectivity index (χ3n) is 4.28. The van der Waals surface area contributed by atoms with E-state index in [4.69, 9.17) is 5.73 Å². The molecule has 0 aromatic heterocycles. The van der Waals surface area contributed by atoms with E-state index in [1.807, 2.05) is 0 Å². The van der Waals surface area contributed by atoms with Gasteiger partial charge in [0, 0.05) is 11.5 Å². The van der Waals surface area contributed by atoms with Crippen molar-refractivity contribution in [3.8, 4) is 0 Å². The van der Waals surface area contributed by atoms with E-state index in [1.54, 1.807) is 0 Å². The van der Waals surface area contributed by atoms with Crippen molar-refractivity contribution in [1.82, 2.24) is 0 Å². The maximum absolute atomic E-state index is 6.48. The van der Waals surface area contributed by atoms with Crippen molar-refractivity contribution >= 4 is 0 Å². The lowest BCUT2D eigenvalue weighted by Crippen LogP contribution is -2.44. The molecule has 0 spiro atoms. The molecule has 2 aromatic rings. The summed E-state index contributed by atoms with van der Waals surface area (Å²) in [5, 5.41) is 0. The Kier molecular flexibility index (Phi) is 4.97. The number of hydrogen-bond acceptors (Lipinski definition) is 1. The lowest BCUT2D eigenvalue weighted by molar-refractivity contribution is 0.386. The van der Waals surface area contributed by atoms with E-state index in [9.17, 15) is 0 Å². The molecule has 0 aliphatic heterocycles. The van der Waals surface area contributed by atoms with Crippen LogP contribution >= 0.6 is 0 Å². The zero-order chi connectivity index (χ0) is 14.4.